The highest BCUT2D eigenvalue weighted by molar-refractivity contribution is 5.26. The van der Waals surface area contributed by atoms with Gasteiger partial charge >= 0.3 is 0 Å². The molecule has 2 atom stereocenters. The van der Waals surface area contributed by atoms with E-state index in [4.69, 9.17) is 4.74 Å². The van der Waals surface area contributed by atoms with Gasteiger partial charge in [0.2, 0.25) is 0 Å². The Morgan fingerprint density at radius 2 is 2.11 bits per heavy atom. The van der Waals surface area contributed by atoms with Crippen LogP contribution in [-0.2, 0) is 0 Å². The highest BCUT2D eigenvalue weighted by atomic mass is 16.5. The number of benzene rings is 1. The highest BCUT2D eigenvalue weighted by Crippen LogP contribution is 2.12. The average Bonchev–Trinajstić information content (AvgIpc) is 2.38. The number of likely N-dealkylation sites (tertiary alicyclic amines) is 1. The lowest BCUT2D eigenvalue weighted by Gasteiger charge is -2.32. The molecule has 0 spiro atoms. The van der Waals surface area contributed by atoms with Gasteiger partial charge in [-0.3, -0.25) is 0 Å². The SMILES string of the molecule is Cc1ccc(OCC(C)NC2CCCN(C)C2)cc1. The van der Waals surface area contributed by atoms with Crippen molar-refractivity contribution in [3.63, 3.8) is 0 Å². The molecule has 1 aromatic carbocycles. The van der Waals surface area contributed by atoms with E-state index in [1.807, 2.05) is 12.1 Å². The molecule has 1 N–H and O–H groups in total. The summed E-state index contributed by atoms with van der Waals surface area (Å²) in [6.07, 6.45) is 2.57. The second-order valence-corrected chi connectivity index (χ2v) is 5.79. The maximum atomic E-state index is 5.82. The molecule has 0 amide bonds. The molecular weight excluding hydrogens is 236 g/mol. The van der Waals surface area contributed by atoms with Crippen LogP contribution in [0.25, 0.3) is 0 Å². The Bertz CT molecular complexity index is 377. The van der Waals surface area contributed by atoms with Gasteiger partial charge in [-0.05, 0) is 52.4 Å². The van der Waals surface area contributed by atoms with Gasteiger partial charge in [-0.15, -0.1) is 0 Å². The summed E-state index contributed by atoms with van der Waals surface area (Å²) < 4.78 is 5.82. The Morgan fingerprint density at radius 3 is 2.79 bits per heavy atom. The maximum Gasteiger partial charge on any atom is 0.119 e. The van der Waals surface area contributed by atoms with Gasteiger partial charge in [-0.2, -0.15) is 0 Å². The van der Waals surface area contributed by atoms with E-state index >= 15 is 0 Å². The molecule has 1 aromatic rings. The van der Waals surface area contributed by atoms with Crippen molar-refractivity contribution in [3.8, 4) is 5.75 Å². The van der Waals surface area contributed by atoms with Gasteiger partial charge in [-0.1, -0.05) is 17.7 Å². The van der Waals surface area contributed by atoms with E-state index in [0.717, 1.165) is 18.9 Å². The zero-order valence-corrected chi connectivity index (χ0v) is 12.4. The lowest BCUT2D eigenvalue weighted by molar-refractivity contribution is 0.197. The number of nitrogens with zero attached hydrogens (tertiary/aromatic N) is 1. The van der Waals surface area contributed by atoms with Crippen LogP contribution in [0, 0.1) is 6.92 Å². The van der Waals surface area contributed by atoms with Gasteiger partial charge in [0.05, 0.1) is 0 Å². The van der Waals surface area contributed by atoms with Crippen molar-refractivity contribution in [2.75, 3.05) is 26.7 Å². The van der Waals surface area contributed by atoms with Crippen LogP contribution >= 0.6 is 0 Å². The summed E-state index contributed by atoms with van der Waals surface area (Å²) in [6, 6.07) is 9.24. The Labute approximate surface area is 116 Å². The molecule has 0 aliphatic carbocycles. The number of nitrogens with one attached hydrogen (secondary N) is 1. The Kier molecular flexibility index (Phi) is 5.23. The second kappa shape index (κ2) is 6.92. The van der Waals surface area contributed by atoms with Crippen LogP contribution in [0.3, 0.4) is 0 Å². The fourth-order valence-corrected chi connectivity index (χ4v) is 2.61. The number of aryl methyl sites for hydroxylation is 1. The smallest absolute Gasteiger partial charge is 0.119 e. The predicted molar refractivity (Wildman–Crippen MR) is 79.8 cm³/mol. The van der Waals surface area contributed by atoms with Crippen LogP contribution in [0.5, 0.6) is 5.75 Å². The summed E-state index contributed by atoms with van der Waals surface area (Å²) in [5.41, 5.74) is 1.27. The molecule has 1 fully saturated rings. The number of ether oxygens (including phenoxy) is 1. The molecule has 3 heteroatoms. The third kappa shape index (κ3) is 4.84. The van der Waals surface area contributed by atoms with E-state index in [0.29, 0.717) is 12.1 Å². The number of likely N-dealkylation sites (N-methyl/N-ethyl adjacent to an activating group) is 1. The molecule has 0 aromatic heterocycles. The molecular formula is C16H26N2O. The van der Waals surface area contributed by atoms with Crippen LogP contribution in [0.1, 0.15) is 25.3 Å². The molecule has 0 bridgehead atoms. The van der Waals surface area contributed by atoms with Gasteiger partial charge in [0.1, 0.15) is 12.4 Å². The van der Waals surface area contributed by atoms with E-state index in [9.17, 15) is 0 Å². The summed E-state index contributed by atoms with van der Waals surface area (Å²) in [5.74, 6) is 0.958. The molecule has 1 heterocycles. The van der Waals surface area contributed by atoms with Crippen LogP contribution < -0.4 is 10.1 Å². The predicted octanol–water partition coefficient (Wildman–Crippen LogP) is 2.45. The lowest BCUT2D eigenvalue weighted by atomic mass is 10.1. The topological polar surface area (TPSA) is 24.5 Å². The van der Waals surface area contributed by atoms with Crippen molar-refractivity contribution in [2.45, 2.75) is 38.8 Å². The minimum absolute atomic E-state index is 0.387. The molecule has 2 rings (SSSR count). The standard InChI is InChI=1S/C16H26N2O/c1-13-6-8-16(9-7-13)19-12-14(2)17-15-5-4-10-18(3)11-15/h6-9,14-15,17H,4-5,10-12H2,1-3H3. The minimum atomic E-state index is 0.387. The van der Waals surface area contributed by atoms with Crippen LogP contribution in [0.15, 0.2) is 24.3 Å². The van der Waals surface area contributed by atoms with Crippen molar-refractivity contribution < 1.29 is 4.74 Å². The summed E-state index contributed by atoms with van der Waals surface area (Å²) >= 11 is 0. The fraction of sp³-hybridized carbons (Fsp3) is 0.625. The third-order valence-electron chi connectivity index (χ3n) is 3.67. The first-order chi connectivity index (χ1) is 9.13. The minimum Gasteiger partial charge on any atom is -0.492 e. The molecule has 1 aliphatic heterocycles. The number of hydrogen-bond acceptors (Lipinski definition) is 3. The monoisotopic (exact) mass is 262 g/mol. The molecule has 2 unspecified atom stereocenters. The summed E-state index contributed by atoms with van der Waals surface area (Å²) in [4.78, 5) is 2.40. The van der Waals surface area contributed by atoms with Gasteiger partial charge in [0, 0.05) is 18.6 Å². The second-order valence-electron chi connectivity index (χ2n) is 5.79. The van der Waals surface area contributed by atoms with Gasteiger partial charge < -0.3 is 15.0 Å². The Hall–Kier alpha value is -1.06. The zero-order valence-electron chi connectivity index (χ0n) is 12.4. The van der Waals surface area contributed by atoms with Crippen molar-refractivity contribution in [2.24, 2.45) is 0 Å². The van der Waals surface area contributed by atoms with Crippen molar-refractivity contribution >= 4 is 0 Å². The first-order valence-electron chi connectivity index (χ1n) is 7.27. The molecule has 1 aliphatic rings. The number of piperidine rings is 1. The van der Waals surface area contributed by atoms with E-state index in [1.54, 1.807) is 0 Å². The number of hydrogen-bond donors (Lipinski definition) is 1. The summed E-state index contributed by atoms with van der Waals surface area (Å²) in [5, 5.41) is 3.66. The van der Waals surface area contributed by atoms with Gasteiger partial charge in [0.15, 0.2) is 0 Å². The largest absolute Gasteiger partial charge is 0.492 e. The van der Waals surface area contributed by atoms with Crippen LogP contribution in [0.2, 0.25) is 0 Å². The average molecular weight is 262 g/mol. The molecule has 1 saturated heterocycles. The highest BCUT2D eigenvalue weighted by Gasteiger charge is 2.18. The fourth-order valence-electron chi connectivity index (χ4n) is 2.61. The zero-order chi connectivity index (χ0) is 13.7. The summed E-state index contributed by atoms with van der Waals surface area (Å²) in [6.45, 7) is 7.39. The van der Waals surface area contributed by atoms with Crippen molar-refractivity contribution in [1.82, 2.24) is 10.2 Å². The maximum absolute atomic E-state index is 5.82. The Morgan fingerprint density at radius 1 is 1.37 bits per heavy atom. The molecule has 0 radical (unpaired) electrons. The van der Waals surface area contributed by atoms with E-state index in [2.05, 4.69) is 43.2 Å². The molecule has 3 nitrogen and oxygen atoms in total. The first kappa shape index (κ1) is 14.4. The van der Waals surface area contributed by atoms with E-state index < -0.39 is 0 Å². The van der Waals surface area contributed by atoms with E-state index in [1.165, 1.54) is 24.9 Å². The lowest BCUT2D eigenvalue weighted by Crippen LogP contribution is -2.48. The number of rotatable bonds is 5. The molecule has 0 saturated carbocycles. The van der Waals surface area contributed by atoms with Crippen molar-refractivity contribution in [1.29, 1.82) is 0 Å². The van der Waals surface area contributed by atoms with E-state index in [-0.39, 0.29) is 0 Å². The first-order valence-corrected chi connectivity index (χ1v) is 7.27. The third-order valence-corrected chi connectivity index (χ3v) is 3.67. The normalized spacial score (nSPS) is 22.2. The van der Waals surface area contributed by atoms with Gasteiger partial charge in [0.25, 0.3) is 0 Å². The van der Waals surface area contributed by atoms with Crippen LogP contribution in [-0.4, -0.2) is 43.7 Å². The quantitative estimate of drug-likeness (QED) is 0.882. The summed E-state index contributed by atoms with van der Waals surface area (Å²) in [7, 11) is 2.20. The van der Waals surface area contributed by atoms with Crippen LogP contribution in [0.4, 0.5) is 0 Å². The Balaban J connectivity index is 1.72. The molecule has 106 valence electrons. The molecule has 19 heavy (non-hydrogen) atoms. The van der Waals surface area contributed by atoms with Gasteiger partial charge in [-0.25, -0.2) is 0 Å². The van der Waals surface area contributed by atoms with Crippen molar-refractivity contribution in [3.05, 3.63) is 29.8 Å².